The van der Waals surface area contributed by atoms with Gasteiger partial charge in [-0.3, -0.25) is 9.59 Å². The van der Waals surface area contributed by atoms with Crippen LogP contribution in [0.15, 0.2) is 95.1 Å². The van der Waals surface area contributed by atoms with E-state index in [9.17, 15) is 9.59 Å². The molecular formula is C63H66O4. The number of carbonyl (C=O) groups excluding carboxylic acids is 2. The molecule has 342 valence electrons. The molecule has 14 fully saturated rings. The monoisotopic (exact) mass is 886 g/mol. The zero-order chi connectivity index (χ0) is 43.3. The molecule has 30 atom stereocenters. The van der Waals surface area contributed by atoms with E-state index in [4.69, 9.17) is 9.47 Å². The summed E-state index contributed by atoms with van der Waals surface area (Å²) in [5.74, 6) is 23.0. The summed E-state index contributed by atoms with van der Waals surface area (Å²) in [5.41, 5.74) is 12.4. The molecule has 4 nitrogen and oxygen atoms in total. The summed E-state index contributed by atoms with van der Waals surface area (Å²) in [6, 6.07) is 24.4. The van der Waals surface area contributed by atoms with E-state index in [0.29, 0.717) is 24.2 Å². The molecule has 20 rings (SSSR count). The standard InChI is InChI=1S/C63H66O4/c1-66-35(64)15-9-17-60(31-11-5-3-6-12-31)59-34-23-28-21-29-24-63-57-53-40(29)37(28)46-43(34)55-50-48-45-39-26(20-30-25-62(59,60)56(55)41(30)45)19-27-22-33(42-38(27)44(39)47(48)52(54(42)57)51(53)49(46)50)58(63)61(63,18-10-16-36(65)67-2)32-13-7-4-8-14-32/h3-8,11-14,20,24,27-28,30,34,37-41,43-59H,9-10,15-19,21-23,25H2,1-2H3. The van der Waals surface area contributed by atoms with Crippen molar-refractivity contribution in [2.24, 2.45) is 165 Å². The van der Waals surface area contributed by atoms with Crippen molar-refractivity contribution in [1.82, 2.24) is 0 Å². The number of hydrogen-bond acceptors (Lipinski definition) is 4. The quantitative estimate of drug-likeness (QED) is 0.176. The Kier molecular flexibility index (Phi) is 5.94. The second kappa shape index (κ2) is 10.9. The van der Waals surface area contributed by atoms with Crippen LogP contribution in [0, 0.1) is 165 Å². The summed E-state index contributed by atoms with van der Waals surface area (Å²) in [5, 5.41) is 0. The van der Waals surface area contributed by atoms with Crippen LogP contribution in [-0.2, 0) is 29.9 Å². The first-order valence-corrected chi connectivity index (χ1v) is 28.4. The maximum Gasteiger partial charge on any atom is 0.305 e. The fraction of sp³-hybridized carbons (Fsp3) is 0.683. The van der Waals surface area contributed by atoms with Gasteiger partial charge in [-0.25, -0.2) is 0 Å². The van der Waals surface area contributed by atoms with E-state index in [1.807, 2.05) is 16.7 Å². The molecular weight excluding hydrogens is 821 g/mol. The van der Waals surface area contributed by atoms with E-state index in [0.717, 1.165) is 167 Å². The molecule has 0 aromatic heterocycles. The Morgan fingerprint density at radius 2 is 1.21 bits per heavy atom. The number of hydrogen-bond donors (Lipinski definition) is 0. The summed E-state index contributed by atoms with van der Waals surface area (Å²) >= 11 is 0. The highest BCUT2D eigenvalue weighted by molar-refractivity contribution is 5.70. The second-order valence-corrected chi connectivity index (χ2v) is 28.0. The van der Waals surface area contributed by atoms with Crippen LogP contribution in [0.5, 0.6) is 0 Å². The van der Waals surface area contributed by atoms with Crippen molar-refractivity contribution in [3.63, 3.8) is 0 Å². The van der Waals surface area contributed by atoms with Crippen LogP contribution >= 0.6 is 0 Å². The molecule has 0 saturated heterocycles. The maximum absolute atomic E-state index is 13.0. The number of ether oxygens (including phenoxy) is 2. The van der Waals surface area contributed by atoms with Gasteiger partial charge in [0.2, 0.25) is 0 Å². The van der Waals surface area contributed by atoms with Gasteiger partial charge >= 0.3 is 11.9 Å². The Hall–Kier alpha value is -3.40. The molecule has 0 heterocycles. The van der Waals surface area contributed by atoms with Crippen molar-refractivity contribution in [3.05, 3.63) is 106 Å². The minimum absolute atomic E-state index is 0.00838. The van der Waals surface area contributed by atoms with Crippen LogP contribution in [0.4, 0.5) is 0 Å². The van der Waals surface area contributed by atoms with Crippen molar-refractivity contribution < 1.29 is 19.1 Å². The number of methoxy groups -OCH3 is 2. The van der Waals surface area contributed by atoms with E-state index in [1.54, 1.807) is 25.3 Å². The highest BCUT2D eigenvalue weighted by Crippen LogP contribution is 3.00. The first-order chi connectivity index (χ1) is 33.0. The topological polar surface area (TPSA) is 52.6 Å². The van der Waals surface area contributed by atoms with Crippen LogP contribution in [0.3, 0.4) is 0 Å². The van der Waals surface area contributed by atoms with Crippen molar-refractivity contribution in [3.8, 4) is 0 Å². The highest BCUT2D eigenvalue weighted by atomic mass is 16.5. The van der Waals surface area contributed by atoms with E-state index in [2.05, 4.69) is 78.4 Å². The number of esters is 2. The van der Waals surface area contributed by atoms with Gasteiger partial charge in [-0.1, -0.05) is 95.1 Å². The third kappa shape index (κ3) is 3.23. The molecule has 4 heteroatoms. The summed E-state index contributed by atoms with van der Waals surface area (Å²) in [6.07, 6.45) is 18.8. The third-order valence-electron chi connectivity index (χ3n) is 28.6. The maximum atomic E-state index is 13.0. The van der Waals surface area contributed by atoms with Gasteiger partial charge in [0.1, 0.15) is 0 Å². The van der Waals surface area contributed by atoms with Gasteiger partial charge in [0.15, 0.2) is 0 Å². The Labute approximate surface area is 395 Å². The van der Waals surface area contributed by atoms with E-state index >= 15 is 0 Å². The zero-order valence-corrected chi connectivity index (χ0v) is 39.4. The normalized spacial score (nSPS) is 61.5. The smallest absolute Gasteiger partial charge is 0.305 e. The van der Waals surface area contributed by atoms with Crippen LogP contribution in [0.25, 0.3) is 0 Å². The van der Waals surface area contributed by atoms with Crippen LogP contribution in [-0.4, -0.2) is 26.2 Å². The molecule has 18 aliphatic rings. The van der Waals surface area contributed by atoms with E-state index in [1.165, 1.54) is 38.5 Å². The Balaban J connectivity index is 0.863. The number of benzene rings is 2. The molecule has 0 N–H and O–H groups in total. The van der Waals surface area contributed by atoms with Crippen LogP contribution in [0.2, 0.25) is 0 Å². The third-order valence-corrected chi connectivity index (χ3v) is 28.6. The van der Waals surface area contributed by atoms with Gasteiger partial charge in [0.25, 0.3) is 0 Å². The Bertz CT molecular complexity index is 2840. The molecule has 2 aromatic carbocycles. The van der Waals surface area contributed by atoms with Crippen molar-refractivity contribution in [1.29, 1.82) is 0 Å². The molecule has 2 spiro atoms. The van der Waals surface area contributed by atoms with Gasteiger partial charge in [-0.05, 0) is 222 Å². The second-order valence-electron chi connectivity index (χ2n) is 28.0. The Morgan fingerprint density at radius 3 is 1.97 bits per heavy atom. The Morgan fingerprint density at radius 1 is 0.582 bits per heavy atom. The van der Waals surface area contributed by atoms with Gasteiger partial charge < -0.3 is 9.47 Å². The van der Waals surface area contributed by atoms with Gasteiger partial charge in [0, 0.05) is 35.0 Å². The SMILES string of the molecule is COC(=O)CCCC1(c2ccccc2)C2C3=C4C5C(CC6=CC7CC89C%10C7C7C6C5C5C6C4C4C%11C%12C(=CC421)CC1CC(C2C(C1%12)C(C6%11)C(C75)C2%10)C8C9(CCCC(=O)OC)c1ccccc1)C3. The zero-order valence-electron chi connectivity index (χ0n) is 39.4. The molecule has 18 aliphatic carbocycles. The molecule has 0 amide bonds. The molecule has 30 unspecified atom stereocenters. The summed E-state index contributed by atoms with van der Waals surface area (Å²) in [7, 11) is 3.20. The molecule has 14 saturated carbocycles. The lowest BCUT2D eigenvalue weighted by Crippen LogP contribution is -2.58. The summed E-state index contributed by atoms with van der Waals surface area (Å²) in [4.78, 5) is 26.0. The lowest BCUT2D eigenvalue weighted by atomic mass is 9.43. The average Bonchev–Trinajstić information content (AvgIpc) is 3.79. The average molecular weight is 887 g/mol. The summed E-state index contributed by atoms with van der Waals surface area (Å²) in [6.45, 7) is 0. The number of fused-ring (bicyclic) bond motifs is 2. The van der Waals surface area contributed by atoms with Gasteiger partial charge in [-0.15, -0.1) is 0 Å². The molecule has 0 radical (unpaired) electrons. The predicted octanol–water partition coefficient (Wildman–Crippen LogP) is 10.9. The van der Waals surface area contributed by atoms with E-state index < -0.39 is 0 Å². The van der Waals surface area contributed by atoms with Gasteiger partial charge in [-0.2, -0.15) is 0 Å². The lowest BCUT2D eigenvalue weighted by molar-refractivity contribution is -0.141. The number of carbonyl (C=O) groups is 2. The highest BCUT2D eigenvalue weighted by Gasteiger charge is 2.97. The minimum atomic E-state index is -0.0204. The first-order valence-electron chi connectivity index (χ1n) is 28.4. The largest absolute Gasteiger partial charge is 0.469 e. The molecule has 0 aliphatic heterocycles. The van der Waals surface area contributed by atoms with Crippen molar-refractivity contribution in [2.45, 2.75) is 81.5 Å². The van der Waals surface area contributed by atoms with Crippen LogP contribution in [0.1, 0.15) is 81.8 Å². The number of rotatable bonds is 10. The molecule has 2 aromatic rings. The number of allylic oxidation sites excluding steroid dienone is 6. The van der Waals surface area contributed by atoms with E-state index in [-0.39, 0.29) is 28.2 Å². The predicted molar refractivity (Wildman–Crippen MR) is 250 cm³/mol. The van der Waals surface area contributed by atoms with Gasteiger partial charge in [0.05, 0.1) is 14.2 Å². The van der Waals surface area contributed by atoms with Crippen molar-refractivity contribution >= 4 is 11.9 Å². The fourth-order valence-corrected chi connectivity index (χ4v) is 29.7. The van der Waals surface area contributed by atoms with Crippen molar-refractivity contribution in [2.75, 3.05) is 14.2 Å². The first kappa shape index (κ1) is 36.5. The summed E-state index contributed by atoms with van der Waals surface area (Å²) < 4.78 is 10.8. The van der Waals surface area contributed by atoms with Crippen LogP contribution < -0.4 is 0 Å². The fourth-order valence-electron chi connectivity index (χ4n) is 29.7. The molecule has 67 heavy (non-hydrogen) atoms. The lowest BCUT2D eigenvalue weighted by Gasteiger charge is -2.61. The molecule has 0 bridgehead atoms. The minimum Gasteiger partial charge on any atom is -0.469 e.